The molecule has 0 saturated heterocycles. The van der Waals surface area contributed by atoms with Crippen LogP contribution in [0.3, 0.4) is 0 Å². The minimum atomic E-state index is -0.645. The van der Waals surface area contributed by atoms with Crippen LogP contribution in [-0.2, 0) is 21.5 Å². The highest BCUT2D eigenvalue weighted by Crippen LogP contribution is 2.31. The van der Waals surface area contributed by atoms with E-state index in [-0.39, 0.29) is 30.4 Å². The summed E-state index contributed by atoms with van der Waals surface area (Å²) in [6, 6.07) is 12.4. The molecule has 2 aromatic rings. The van der Waals surface area contributed by atoms with E-state index in [2.05, 4.69) is 42.0 Å². The molecule has 1 N–H and O–H groups in total. The molecule has 0 aliphatic carbocycles. The number of carbonyl (C=O) groups excluding carboxylic acids is 2. The van der Waals surface area contributed by atoms with Crippen molar-refractivity contribution in [2.24, 2.45) is 0 Å². The van der Waals surface area contributed by atoms with Crippen LogP contribution in [0.1, 0.15) is 38.8 Å². The monoisotopic (exact) mass is 494 g/mol. The van der Waals surface area contributed by atoms with Gasteiger partial charge in [0.25, 0.3) is 5.91 Å². The Labute approximate surface area is 191 Å². The first-order chi connectivity index (χ1) is 14.0. The predicted molar refractivity (Wildman–Crippen MR) is 124 cm³/mol. The number of carbonyl (C=O) groups is 2. The summed E-state index contributed by atoms with van der Waals surface area (Å²) in [5.41, 5.74) is 2.04. The lowest BCUT2D eigenvalue weighted by atomic mass is 9.87. The Hall–Kier alpha value is -2.05. The fourth-order valence-corrected chi connectivity index (χ4v) is 3.50. The molecule has 5 nitrogen and oxygen atoms in total. The number of hydrogen-bond donors (Lipinski definition) is 1. The summed E-state index contributed by atoms with van der Waals surface area (Å²) in [5, 5.41) is 3.21. The highest BCUT2D eigenvalue weighted by Gasteiger charge is 2.26. The molecule has 0 unspecified atom stereocenters. The summed E-state index contributed by atoms with van der Waals surface area (Å²) in [6.45, 7) is 8.19. The van der Waals surface area contributed by atoms with Gasteiger partial charge in [0, 0.05) is 18.6 Å². The number of amides is 2. The van der Waals surface area contributed by atoms with Crippen molar-refractivity contribution in [2.45, 2.75) is 45.7 Å². The van der Waals surface area contributed by atoms with Crippen LogP contribution in [0.5, 0.6) is 5.75 Å². The molecule has 0 saturated carbocycles. The molecule has 0 radical (unpaired) electrons. The maximum Gasteiger partial charge on any atom is 0.261 e. The molecule has 2 aromatic carbocycles. The summed E-state index contributed by atoms with van der Waals surface area (Å²) < 4.78 is 6.56. The first-order valence-electron chi connectivity index (χ1n) is 9.71. The van der Waals surface area contributed by atoms with Gasteiger partial charge in [-0.25, -0.2) is 0 Å². The zero-order valence-electron chi connectivity index (χ0n) is 18.0. The Kier molecular flexibility index (Phi) is 8.33. The third-order valence-corrected chi connectivity index (χ3v) is 5.70. The highest BCUT2D eigenvalue weighted by molar-refractivity contribution is 9.10. The lowest BCUT2D eigenvalue weighted by molar-refractivity contribution is -0.142. The molecule has 0 spiro atoms. The van der Waals surface area contributed by atoms with E-state index in [1.807, 2.05) is 30.3 Å². The van der Waals surface area contributed by atoms with Gasteiger partial charge >= 0.3 is 0 Å². The van der Waals surface area contributed by atoms with E-state index in [4.69, 9.17) is 16.3 Å². The minimum Gasteiger partial charge on any atom is -0.483 e. The van der Waals surface area contributed by atoms with Crippen molar-refractivity contribution in [1.82, 2.24) is 10.2 Å². The Balaban J connectivity index is 2.15. The molecular weight excluding hydrogens is 468 g/mol. The van der Waals surface area contributed by atoms with Crippen LogP contribution in [0.25, 0.3) is 0 Å². The zero-order chi connectivity index (χ0) is 22.5. The van der Waals surface area contributed by atoms with Gasteiger partial charge in [0.15, 0.2) is 6.61 Å². The Morgan fingerprint density at radius 3 is 2.33 bits per heavy atom. The van der Waals surface area contributed by atoms with E-state index >= 15 is 0 Å². The molecule has 162 valence electrons. The smallest absolute Gasteiger partial charge is 0.261 e. The van der Waals surface area contributed by atoms with Crippen LogP contribution in [0, 0.1) is 0 Å². The lowest BCUT2D eigenvalue weighted by Crippen LogP contribution is -2.48. The zero-order valence-corrected chi connectivity index (χ0v) is 20.3. The van der Waals surface area contributed by atoms with E-state index < -0.39 is 6.04 Å². The summed E-state index contributed by atoms with van der Waals surface area (Å²) in [7, 11) is 1.55. The Morgan fingerprint density at radius 1 is 1.17 bits per heavy atom. The van der Waals surface area contributed by atoms with Gasteiger partial charge in [-0.3, -0.25) is 9.59 Å². The molecular formula is C23H28BrClN2O3. The standard InChI is InChI=1S/C23H28BrClN2O3/c1-15(22(29)26-5)27(13-16-6-9-18(25)10-7-16)21(28)14-30-20-11-8-17(12-19(20)24)23(2,3)4/h6-12,15H,13-14H2,1-5H3,(H,26,29)/t15-/m0/s1. The first-order valence-corrected chi connectivity index (χ1v) is 10.9. The van der Waals surface area contributed by atoms with Crippen molar-refractivity contribution in [3.05, 3.63) is 63.1 Å². The summed E-state index contributed by atoms with van der Waals surface area (Å²) in [5.74, 6) is 0.0521. The van der Waals surface area contributed by atoms with Crippen molar-refractivity contribution < 1.29 is 14.3 Å². The number of halogens is 2. The van der Waals surface area contributed by atoms with E-state index in [1.165, 1.54) is 4.90 Å². The second-order valence-corrected chi connectivity index (χ2v) is 9.41. The molecule has 0 aromatic heterocycles. The number of rotatable bonds is 7. The topological polar surface area (TPSA) is 58.6 Å². The fraction of sp³-hybridized carbons (Fsp3) is 0.391. The van der Waals surface area contributed by atoms with Gasteiger partial charge in [-0.2, -0.15) is 0 Å². The largest absolute Gasteiger partial charge is 0.483 e. The molecule has 0 bridgehead atoms. The number of nitrogens with one attached hydrogen (secondary N) is 1. The summed E-state index contributed by atoms with van der Waals surface area (Å²) >= 11 is 9.47. The SMILES string of the molecule is CNC(=O)[C@H](C)N(Cc1ccc(Cl)cc1)C(=O)COc1ccc(C(C)(C)C)cc1Br. The van der Waals surface area contributed by atoms with Crippen molar-refractivity contribution in [3.8, 4) is 5.75 Å². The van der Waals surface area contributed by atoms with Gasteiger partial charge in [-0.05, 0) is 63.7 Å². The summed E-state index contributed by atoms with van der Waals surface area (Å²) in [6.07, 6.45) is 0. The van der Waals surface area contributed by atoms with E-state index in [0.29, 0.717) is 10.8 Å². The van der Waals surface area contributed by atoms with Crippen LogP contribution in [0.15, 0.2) is 46.9 Å². The van der Waals surface area contributed by atoms with Crippen LogP contribution < -0.4 is 10.1 Å². The maximum atomic E-state index is 13.0. The van der Waals surface area contributed by atoms with Gasteiger partial charge < -0.3 is 15.0 Å². The average molecular weight is 496 g/mol. The highest BCUT2D eigenvalue weighted by atomic mass is 79.9. The van der Waals surface area contributed by atoms with Gasteiger partial charge in [-0.15, -0.1) is 0 Å². The van der Waals surface area contributed by atoms with E-state index in [0.717, 1.165) is 15.6 Å². The van der Waals surface area contributed by atoms with Gasteiger partial charge in [0.05, 0.1) is 4.47 Å². The molecule has 2 rings (SSSR count). The molecule has 0 aliphatic heterocycles. The van der Waals surface area contributed by atoms with Crippen LogP contribution in [-0.4, -0.2) is 36.4 Å². The summed E-state index contributed by atoms with van der Waals surface area (Å²) in [4.78, 5) is 26.7. The molecule has 7 heteroatoms. The van der Waals surface area contributed by atoms with Crippen LogP contribution in [0.4, 0.5) is 0 Å². The molecule has 1 atom stereocenters. The quantitative estimate of drug-likeness (QED) is 0.592. The normalized spacial score (nSPS) is 12.2. The Bertz CT molecular complexity index is 894. The molecule has 0 fully saturated rings. The second-order valence-electron chi connectivity index (χ2n) is 8.12. The van der Waals surface area contributed by atoms with Crippen LogP contribution in [0.2, 0.25) is 5.02 Å². The Morgan fingerprint density at radius 2 is 1.80 bits per heavy atom. The molecule has 0 heterocycles. The number of benzene rings is 2. The average Bonchev–Trinajstić information content (AvgIpc) is 2.70. The third kappa shape index (κ3) is 6.47. The first kappa shape index (κ1) is 24.2. The maximum absolute atomic E-state index is 13.0. The third-order valence-electron chi connectivity index (χ3n) is 4.83. The van der Waals surface area contributed by atoms with Gasteiger partial charge in [0.1, 0.15) is 11.8 Å². The minimum absolute atomic E-state index is 0.00912. The predicted octanol–water partition coefficient (Wildman–Crippen LogP) is 4.94. The van der Waals surface area contributed by atoms with Crippen molar-refractivity contribution in [3.63, 3.8) is 0 Å². The molecule has 0 aliphatic rings. The van der Waals surface area contributed by atoms with E-state index in [9.17, 15) is 9.59 Å². The number of hydrogen-bond acceptors (Lipinski definition) is 3. The second kappa shape index (κ2) is 10.3. The number of ether oxygens (including phenoxy) is 1. The van der Waals surface area contributed by atoms with Crippen molar-refractivity contribution >= 4 is 39.3 Å². The lowest BCUT2D eigenvalue weighted by Gasteiger charge is -2.28. The van der Waals surface area contributed by atoms with Gasteiger partial charge in [-0.1, -0.05) is 50.6 Å². The number of nitrogens with zero attached hydrogens (tertiary/aromatic N) is 1. The number of likely N-dealkylation sites (N-methyl/N-ethyl adjacent to an activating group) is 1. The molecule has 2 amide bonds. The molecule has 30 heavy (non-hydrogen) atoms. The van der Waals surface area contributed by atoms with Crippen LogP contribution >= 0.6 is 27.5 Å². The fourth-order valence-electron chi connectivity index (χ4n) is 2.88. The van der Waals surface area contributed by atoms with Crippen molar-refractivity contribution in [1.29, 1.82) is 0 Å². The van der Waals surface area contributed by atoms with Gasteiger partial charge in [0.2, 0.25) is 5.91 Å². The van der Waals surface area contributed by atoms with Crippen molar-refractivity contribution in [2.75, 3.05) is 13.7 Å². The van der Waals surface area contributed by atoms with E-state index in [1.54, 1.807) is 26.1 Å².